The molecule has 2 aromatic heterocycles. The zero-order valence-corrected chi connectivity index (χ0v) is 16.7. The van der Waals surface area contributed by atoms with Gasteiger partial charge in [-0.1, -0.05) is 17.7 Å². The summed E-state index contributed by atoms with van der Waals surface area (Å²) in [5.74, 6) is 0.480. The second-order valence-electron chi connectivity index (χ2n) is 7.85. The van der Waals surface area contributed by atoms with Crippen LogP contribution in [-0.4, -0.2) is 38.0 Å². The molecule has 28 heavy (non-hydrogen) atoms. The number of benzene rings is 1. The van der Waals surface area contributed by atoms with Gasteiger partial charge < -0.3 is 4.90 Å². The molecule has 3 aromatic rings. The van der Waals surface area contributed by atoms with E-state index < -0.39 is 0 Å². The lowest BCUT2D eigenvalue weighted by atomic mass is 9.95. The predicted octanol–water partition coefficient (Wildman–Crippen LogP) is 2.90. The van der Waals surface area contributed by atoms with Crippen molar-refractivity contribution in [2.45, 2.75) is 33.2 Å². The van der Waals surface area contributed by atoms with Crippen LogP contribution in [0.2, 0.25) is 0 Å². The van der Waals surface area contributed by atoms with Gasteiger partial charge in [0.2, 0.25) is 0 Å². The van der Waals surface area contributed by atoms with Crippen molar-refractivity contribution in [2.24, 2.45) is 13.0 Å². The first-order chi connectivity index (χ1) is 13.5. The minimum absolute atomic E-state index is 0.0255. The zero-order valence-electron chi connectivity index (χ0n) is 16.7. The van der Waals surface area contributed by atoms with Crippen LogP contribution in [0.15, 0.2) is 41.3 Å². The average molecular weight is 378 g/mol. The number of aromatic nitrogens is 3. The number of piperidine rings is 1. The van der Waals surface area contributed by atoms with Crippen LogP contribution in [-0.2, 0) is 13.6 Å². The standard InChI is InChI=1S/C22H26N4O2/c1-15-6-7-18(16(2)13-15)21(27)25-11-8-17(9-12-25)14-26-20-19(5-4-10-23-20)24(3)22(26)28/h4-7,10,13,17H,8-9,11-12,14H2,1-3H3. The van der Waals surface area contributed by atoms with E-state index in [1.807, 2.05) is 43.0 Å². The molecule has 0 spiro atoms. The van der Waals surface area contributed by atoms with Crippen LogP contribution in [0.4, 0.5) is 0 Å². The van der Waals surface area contributed by atoms with Gasteiger partial charge in [-0.05, 0) is 56.4 Å². The first-order valence-electron chi connectivity index (χ1n) is 9.82. The number of aryl methyl sites for hydroxylation is 3. The van der Waals surface area contributed by atoms with E-state index in [2.05, 4.69) is 11.1 Å². The fourth-order valence-corrected chi connectivity index (χ4v) is 4.20. The van der Waals surface area contributed by atoms with Crippen molar-refractivity contribution < 1.29 is 4.79 Å². The second kappa shape index (κ2) is 7.26. The first kappa shape index (κ1) is 18.5. The lowest BCUT2D eigenvalue weighted by molar-refractivity contribution is 0.0682. The summed E-state index contributed by atoms with van der Waals surface area (Å²) in [6.07, 6.45) is 3.52. The summed E-state index contributed by atoms with van der Waals surface area (Å²) >= 11 is 0. The Morgan fingerprint density at radius 1 is 1.18 bits per heavy atom. The van der Waals surface area contributed by atoms with Crippen molar-refractivity contribution in [3.63, 3.8) is 0 Å². The number of hydrogen-bond donors (Lipinski definition) is 0. The van der Waals surface area contributed by atoms with Gasteiger partial charge in [0, 0.05) is 38.4 Å². The van der Waals surface area contributed by atoms with Crippen LogP contribution in [0.1, 0.15) is 34.3 Å². The fraction of sp³-hybridized carbons (Fsp3) is 0.409. The Balaban J connectivity index is 1.46. The van der Waals surface area contributed by atoms with Gasteiger partial charge in [0.15, 0.2) is 5.65 Å². The van der Waals surface area contributed by atoms with E-state index in [0.29, 0.717) is 12.5 Å². The molecule has 0 atom stereocenters. The van der Waals surface area contributed by atoms with E-state index in [1.165, 1.54) is 5.56 Å². The van der Waals surface area contributed by atoms with Crippen molar-refractivity contribution in [2.75, 3.05) is 13.1 Å². The van der Waals surface area contributed by atoms with Crippen LogP contribution in [0, 0.1) is 19.8 Å². The van der Waals surface area contributed by atoms with Crippen LogP contribution in [0.5, 0.6) is 0 Å². The summed E-state index contributed by atoms with van der Waals surface area (Å²) in [4.78, 5) is 31.8. The molecular weight excluding hydrogens is 352 g/mol. The molecule has 6 heteroatoms. The minimum Gasteiger partial charge on any atom is -0.339 e. The highest BCUT2D eigenvalue weighted by molar-refractivity contribution is 5.95. The summed E-state index contributed by atoms with van der Waals surface area (Å²) in [5.41, 5.74) is 4.56. The molecule has 1 aliphatic heterocycles. The fourth-order valence-electron chi connectivity index (χ4n) is 4.20. The average Bonchev–Trinajstić information content (AvgIpc) is 2.93. The maximum atomic E-state index is 12.9. The quantitative estimate of drug-likeness (QED) is 0.704. The third-order valence-corrected chi connectivity index (χ3v) is 5.86. The predicted molar refractivity (Wildman–Crippen MR) is 110 cm³/mol. The summed E-state index contributed by atoms with van der Waals surface area (Å²) < 4.78 is 3.43. The van der Waals surface area contributed by atoms with E-state index in [9.17, 15) is 9.59 Å². The van der Waals surface area contributed by atoms with Crippen LogP contribution < -0.4 is 5.69 Å². The SMILES string of the molecule is Cc1ccc(C(=O)N2CCC(Cn3c(=O)n(C)c4cccnc43)CC2)c(C)c1. The van der Waals surface area contributed by atoms with Gasteiger partial charge in [0.25, 0.3) is 5.91 Å². The Labute approximate surface area is 164 Å². The summed E-state index contributed by atoms with van der Waals surface area (Å²) in [7, 11) is 1.79. The Kier molecular flexibility index (Phi) is 4.79. The van der Waals surface area contributed by atoms with Crippen LogP contribution >= 0.6 is 0 Å². The Hall–Kier alpha value is -2.89. The zero-order chi connectivity index (χ0) is 19.8. The maximum Gasteiger partial charge on any atom is 0.330 e. The van der Waals surface area contributed by atoms with Crippen molar-refractivity contribution in [1.29, 1.82) is 0 Å². The molecule has 1 aliphatic rings. The van der Waals surface area contributed by atoms with Gasteiger partial charge in [-0.3, -0.25) is 13.9 Å². The van der Waals surface area contributed by atoms with E-state index in [0.717, 1.165) is 48.2 Å². The molecule has 0 radical (unpaired) electrons. The van der Waals surface area contributed by atoms with E-state index in [-0.39, 0.29) is 11.6 Å². The van der Waals surface area contributed by atoms with Crippen molar-refractivity contribution >= 4 is 17.1 Å². The number of fused-ring (bicyclic) bond motifs is 1. The van der Waals surface area contributed by atoms with Gasteiger partial charge in [-0.25, -0.2) is 9.78 Å². The minimum atomic E-state index is -0.0255. The highest BCUT2D eigenvalue weighted by Crippen LogP contribution is 2.23. The molecule has 6 nitrogen and oxygen atoms in total. The van der Waals surface area contributed by atoms with Crippen molar-refractivity contribution in [1.82, 2.24) is 19.0 Å². The van der Waals surface area contributed by atoms with Crippen LogP contribution in [0.3, 0.4) is 0 Å². The van der Waals surface area contributed by atoms with Crippen molar-refractivity contribution in [3.05, 3.63) is 63.7 Å². The van der Waals surface area contributed by atoms with Gasteiger partial charge in [-0.2, -0.15) is 0 Å². The molecular formula is C22H26N4O2. The number of nitrogens with zero attached hydrogens (tertiary/aromatic N) is 4. The number of imidazole rings is 1. The number of carbonyl (C=O) groups excluding carboxylic acids is 1. The number of hydrogen-bond acceptors (Lipinski definition) is 3. The largest absolute Gasteiger partial charge is 0.339 e. The molecule has 146 valence electrons. The highest BCUT2D eigenvalue weighted by atomic mass is 16.2. The lowest BCUT2D eigenvalue weighted by Gasteiger charge is -2.32. The highest BCUT2D eigenvalue weighted by Gasteiger charge is 2.26. The van der Waals surface area contributed by atoms with Gasteiger partial charge >= 0.3 is 5.69 Å². The first-order valence-corrected chi connectivity index (χ1v) is 9.82. The van der Waals surface area contributed by atoms with E-state index in [4.69, 9.17) is 0 Å². The molecule has 4 rings (SSSR count). The third-order valence-electron chi connectivity index (χ3n) is 5.86. The second-order valence-corrected chi connectivity index (χ2v) is 7.85. The number of rotatable bonds is 3. The maximum absolute atomic E-state index is 12.9. The smallest absolute Gasteiger partial charge is 0.330 e. The van der Waals surface area contributed by atoms with Gasteiger partial charge in [0.05, 0.1) is 5.52 Å². The molecule has 1 saturated heterocycles. The van der Waals surface area contributed by atoms with Crippen molar-refractivity contribution in [3.8, 4) is 0 Å². The number of likely N-dealkylation sites (tertiary alicyclic amines) is 1. The Morgan fingerprint density at radius 2 is 1.93 bits per heavy atom. The topological polar surface area (TPSA) is 60.1 Å². The molecule has 3 heterocycles. The van der Waals surface area contributed by atoms with Gasteiger partial charge in [-0.15, -0.1) is 0 Å². The molecule has 0 bridgehead atoms. The molecule has 1 amide bonds. The molecule has 1 fully saturated rings. The van der Waals surface area contributed by atoms with E-state index in [1.54, 1.807) is 22.4 Å². The Morgan fingerprint density at radius 3 is 2.64 bits per heavy atom. The molecule has 0 saturated carbocycles. The summed E-state index contributed by atoms with van der Waals surface area (Å²) in [6.45, 7) is 6.13. The van der Waals surface area contributed by atoms with E-state index >= 15 is 0 Å². The van der Waals surface area contributed by atoms with Crippen LogP contribution in [0.25, 0.3) is 11.2 Å². The number of carbonyl (C=O) groups is 1. The molecule has 0 N–H and O–H groups in total. The third kappa shape index (κ3) is 3.23. The monoisotopic (exact) mass is 378 g/mol. The van der Waals surface area contributed by atoms with Gasteiger partial charge in [0.1, 0.15) is 0 Å². The summed E-state index contributed by atoms with van der Waals surface area (Å²) in [6, 6.07) is 9.75. The lowest BCUT2D eigenvalue weighted by Crippen LogP contribution is -2.40. The molecule has 0 unspecified atom stereocenters. The number of pyridine rings is 1. The molecule has 1 aromatic carbocycles. The normalized spacial score (nSPS) is 15.3. The Bertz CT molecular complexity index is 1090. The summed E-state index contributed by atoms with van der Waals surface area (Å²) in [5, 5.41) is 0. The molecule has 0 aliphatic carbocycles. The number of amides is 1.